The van der Waals surface area contributed by atoms with Crippen molar-refractivity contribution < 1.29 is 9.47 Å². The van der Waals surface area contributed by atoms with Crippen molar-refractivity contribution in [1.82, 2.24) is 0 Å². The van der Waals surface area contributed by atoms with Gasteiger partial charge in [-0.2, -0.15) is 0 Å². The van der Waals surface area contributed by atoms with E-state index in [4.69, 9.17) is 19.5 Å². The largest absolute Gasteiger partial charge is 0.456 e. The smallest absolute Gasteiger partial charge is 0.165 e. The van der Waals surface area contributed by atoms with Crippen LogP contribution in [-0.4, -0.2) is 17.9 Å². The van der Waals surface area contributed by atoms with E-state index < -0.39 is 10.8 Å². The van der Waals surface area contributed by atoms with E-state index in [9.17, 15) is 5.41 Å². The molecular weight excluding hydrogens is 819 g/mol. The molecule has 2 aliphatic heterocycles. The van der Waals surface area contributed by atoms with Crippen LogP contribution >= 0.6 is 0 Å². The molecule has 0 unspecified atom stereocenters. The number of fused-ring (bicyclic) bond motifs is 4. The third kappa shape index (κ3) is 6.73. The number of para-hydroxylation sites is 4. The van der Waals surface area contributed by atoms with E-state index in [1.807, 2.05) is 60.8 Å². The van der Waals surface area contributed by atoms with Crippen LogP contribution in [-0.2, 0) is 10.8 Å². The molecule has 0 aromatic heterocycles. The summed E-state index contributed by atoms with van der Waals surface area (Å²) in [5, 5.41) is 10.1. The first-order chi connectivity index (χ1) is 32.9. The second-order valence-corrected chi connectivity index (χ2v) is 17.4. The number of aliphatic imine (C=N–C) groups is 2. The molecule has 0 amide bonds. The lowest BCUT2D eigenvalue weighted by molar-refractivity contribution is 0.433. The molecule has 322 valence electrons. The summed E-state index contributed by atoms with van der Waals surface area (Å²) < 4.78 is 14.1. The Balaban J connectivity index is 1.16. The standard InChI is InChI=1S/C62H47N3O2/c1-41-38-42(2)50(43(3)39-41)40-64-60(49-31-21-35-54-58(49)67-56-37-19-17-33-52(56)62(54,46-26-12-6-13-27-46)47-28-14-7-15-29-47)65-59(63)48-30-20-34-53-57(48)66-55-36-18-16-32-51(55)61(53,44-22-8-4-9-23-44)45-24-10-5-11-25-45/h4-40,63H,1-3H3. The van der Waals surface area contributed by atoms with E-state index in [0.29, 0.717) is 28.5 Å². The Hall–Kier alpha value is -8.41. The number of aryl methyl sites for hydroxylation is 3. The molecule has 0 fully saturated rings. The van der Waals surface area contributed by atoms with Gasteiger partial charge in [0.2, 0.25) is 0 Å². The molecule has 0 radical (unpaired) electrons. The van der Waals surface area contributed by atoms with Gasteiger partial charge < -0.3 is 9.47 Å². The van der Waals surface area contributed by atoms with Crippen LogP contribution in [0.1, 0.15) is 77.9 Å². The highest BCUT2D eigenvalue weighted by molar-refractivity contribution is 6.15. The molecule has 0 saturated carbocycles. The van der Waals surface area contributed by atoms with Crippen LogP contribution in [0.4, 0.5) is 0 Å². The fraction of sp³-hybridized carbons (Fsp3) is 0.0806. The topological polar surface area (TPSA) is 67.0 Å². The highest BCUT2D eigenvalue weighted by Crippen LogP contribution is 2.58. The minimum atomic E-state index is -0.758. The second-order valence-electron chi connectivity index (χ2n) is 17.4. The first kappa shape index (κ1) is 41.3. The van der Waals surface area contributed by atoms with Crippen LogP contribution in [0.25, 0.3) is 0 Å². The molecule has 1 N–H and O–H groups in total. The van der Waals surface area contributed by atoms with Crippen molar-refractivity contribution in [3.05, 3.63) is 296 Å². The van der Waals surface area contributed by atoms with Gasteiger partial charge in [0, 0.05) is 28.5 Å². The monoisotopic (exact) mass is 865 g/mol. The quantitative estimate of drug-likeness (QED) is 0.128. The van der Waals surface area contributed by atoms with Crippen molar-refractivity contribution in [2.45, 2.75) is 31.6 Å². The fourth-order valence-electron chi connectivity index (χ4n) is 10.7. The molecule has 0 saturated heterocycles. The van der Waals surface area contributed by atoms with Gasteiger partial charge in [0.25, 0.3) is 0 Å². The fourth-order valence-corrected chi connectivity index (χ4v) is 10.7. The van der Waals surface area contributed by atoms with Gasteiger partial charge in [0.1, 0.15) is 23.0 Å². The number of rotatable bonds is 7. The Morgan fingerprint density at radius 3 is 1.25 bits per heavy atom. The minimum Gasteiger partial charge on any atom is -0.456 e. The first-order valence-electron chi connectivity index (χ1n) is 22.7. The summed E-state index contributed by atoms with van der Waals surface area (Å²) in [6, 6.07) is 75.6. The van der Waals surface area contributed by atoms with E-state index in [2.05, 4.69) is 185 Å². The summed E-state index contributed by atoms with van der Waals surface area (Å²) in [6.07, 6.45) is 1.89. The second kappa shape index (κ2) is 16.9. The molecule has 0 bridgehead atoms. The third-order valence-corrected chi connectivity index (χ3v) is 13.4. The highest BCUT2D eigenvalue weighted by Gasteiger charge is 2.48. The van der Waals surface area contributed by atoms with Gasteiger partial charge in [0.15, 0.2) is 11.7 Å². The number of hydrogen-bond acceptors (Lipinski definition) is 3. The van der Waals surface area contributed by atoms with Crippen LogP contribution in [0.5, 0.6) is 23.0 Å². The van der Waals surface area contributed by atoms with Gasteiger partial charge in [0.05, 0.1) is 22.0 Å². The summed E-state index contributed by atoms with van der Waals surface area (Å²) >= 11 is 0. The van der Waals surface area contributed by atoms with Crippen molar-refractivity contribution in [2.24, 2.45) is 9.98 Å². The lowest BCUT2D eigenvalue weighted by atomic mass is 9.63. The molecule has 5 heteroatoms. The van der Waals surface area contributed by atoms with E-state index in [0.717, 1.165) is 72.7 Å². The van der Waals surface area contributed by atoms with Crippen molar-refractivity contribution >= 4 is 17.9 Å². The van der Waals surface area contributed by atoms with Gasteiger partial charge in [-0.1, -0.05) is 200 Å². The summed E-state index contributed by atoms with van der Waals surface area (Å²) in [5.41, 5.74) is 12.4. The molecule has 2 aliphatic rings. The van der Waals surface area contributed by atoms with Gasteiger partial charge in [-0.05, 0) is 84.0 Å². The molecule has 5 nitrogen and oxygen atoms in total. The van der Waals surface area contributed by atoms with E-state index in [1.54, 1.807) is 0 Å². The number of amidine groups is 2. The van der Waals surface area contributed by atoms with Crippen molar-refractivity contribution in [1.29, 1.82) is 5.41 Å². The van der Waals surface area contributed by atoms with Crippen molar-refractivity contribution in [2.75, 3.05) is 0 Å². The zero-order chi connectivity index (χ0) is 45.5. The van der Waals surface area contributed by atoms with Crippen LogP contribution in [0.15, 0.2) is 228 Å². The first-order valence-corrected chi connectivity index (χ1v) is 22.7. The summed E-state index contributed by atoms with van der Waals surface area (Å²) in [6.45, 7) is 6.32. The number of nitrogens with one attached hydrogen (secondary N) is 1. The van der Waals surface area contributed by atoms with E-state index in [-0.39, 0.29) is 5.84 Å². The predicted octanol–water partition coefficient (Wildman–Crippen LogP) is 14.5. The molecule has 67 heavy (non-hydrogen) atoms. The molecule has 0 spiro atoms. The molecule has 9 aromatic carbocycles. The van der Waals surface area contributed by atoms with Gasteiger partial charge in [-0.15, -0.1) is 0 Å². The van der Waals surface area contributed by atoms with Crippen molar-refractivity contribution in [3.8, 4) is 23.0 Å². The lowest BCUT2D eigenvalue weighted by Crippen LogP contribution is -2.34. The number of nitrogens with zero attached hydrogens (tertiary/aromatic N) is 2. The van der Waals surface area contributed by atoms with Gasteiger partial charge in [-0.3, -0.25) is 5.41 Å². The van der Waals surface area contributed by atoms with Crippen molar-refractivity contribution in [3.63, 3.8) is 0 Å². The van der Waals surface area contributed by atoms with Crippen LogP contribution in [0.2, 0.25) is 0 Å². The number of hydrogen-bond donors (Lipinski definition) is 1. The van der Waals surface area contributed by atoms with Gasteiger partial charge >= 0.3 is 0 Å². The summed E-state index contributed by atoms with van der Waals surface area (Å²) in [5.74, 6) is 2.99. The molecular formula is C62H47N3O2. The zero-order valence-electron chi connectivity index (χ0n) is 37.6. The normalized spacial score (nSPS) is 14.2. The Kier molecular flexibility index (Phi) is 10.4. The molecule has 11 rings (SSSR count). The van der Waals surface area contributed by atoms with Crippen LogP contribution in [0, 0.1) is 26.2 Å². The SMILES string of the molecule is Cc1cc(C)c(C=NC(=NC(=N)c2cccc3c2Oc2ccccc2C3(c2ccccc2)c2ccccc2)c2cccc3c2Oc2ccccc2C3(c2ccccc2)c2ccccc2)c(C)c1. The maximum Gasteiger partial charge on any atom is 0.165 e. The molecule has 2 heterocycles. The lowest BCUT2D eigenvalue weighted by Gasteiger charge is -2.42. The Bertz CT molecular complexity index is 3290. The molecule has 0 atom stereocenters. The Morgan fingerprint density at radius 1 is 0.433 bits per heavy atom. The zero-order valence-corrected chi connectivity index (χ0v) is 37.6. The Morgan fingerprint density at radius 2 is 0.806 bits per heavy atom. The van der Waals surface area contributed by atoms with E-state index >= 15 is 0 Å². The third-order valence-electron chi connectivity index (χ3n) is 13.4. The summed E-state index contributed by atoms with van der Waals surface area (Å²) in [7, 11) is 0. The Labute approximate surface area is 391 Å². The summed E-state index contributed by atoms with van der Waals surface area (Å²) in [4.78, 5) is 10.5. The highest BCUT2D eigenvalue weighted by atomic mass is 16.5. The maximum atomic E-state index is 10.1. The van der Waals surface area contributed by atoms with Crippen LogP contribution < -0.4 is 9.47 Å². The minimum absolute atomic E-state index is 0.00180. The maximum absolute atomic E-state index is 10.1. The van der Waals surface area contributed by atoms with Gasteiger partial charge in [-0.25, -0.2) is 9.98 Å². The van der Waals surface area contributed by atoms with Crippen LogP contribution in [0.3, 0.4) is 0 Å². The predicted molar refractivity (Wildman–Crippen MR) is 271 cm³/mol. The molecule has 0 aliphatic carbocycles. The average molecular weight is 866 g/mol. The average Bonchev–Trinajstić information content (AvgIpc) is 3.37. The number of ether oxygens (including phenoxy) is 2. The van der Waals surface area contributed by atoms with E-state index in [1.165, 1.54) is 5.56 Å². The number of benzene rings is 9. The molecule has 9 aromatic rings.